The number of aliphatic carboxylic acids is 1. The van der Waals surface area contributed by atoms with E-state index in [1.54, 1.807) is 23.8 Å². The van der Waals surface area contributed by atoms with Crippen molar-refractivity contribution in [2.75, 3.05) is 0 Å². The molecule has 0 unspecified atom stereocenters. The third-order valence-electron chi connectivity index (χ3n) is 3.62. The van der Waals surface area contributed by atoms with Crippen LogP contribution in [0.15, 0.2) is 28.2 Å². The number of aromatic nitrogens is 1. The van der Waals surface area contributed by atoms with Crippen LogP contribution < -0.4 is 5.32 Å². The van der Waals surface area contributed by atoms with Crippen LogP contribution in [-0.2, 0) is 16.0 Å². The first-order valence-electron chi connectivity index (χ1n) is 6.62. The fourth-order valence-corrected chi connectivity index (χ4v) is 3.09. The molecule has 1 fully saturated rings. The van der Waals surface area contributed by atoms with Crippen LogP contribution in [0.3, 0.4) is 0 Å². The summed E-state index contributed by atoms with van der Waals surface area (Å²) in [4.78, 5) is 27.5. The number of carbonyl (C=O) groups excluding carboxylic acids is 1. The number of rotatable bonds is 5. The maximum atomic E-state index is 12.0. The van der Waals surface area contributed by atoms with Crippen molar-refractivity contribution >= 4 is 23.2 Å². The standard InChI is InChI=1S/C14H14N2O4S/c17-11(16-14(13(18)19)4-2-5-14)7-9-8-21-12(15-9)10-3-1-6-20-10/h1,3,6,8H,2,4-5,7H2,(H,16,17)(H,18,19). The first-order chi connectivity index (χ1) is 10.1. The number of furan rings is 1. The number of carboxylic acids is 1. The van der Waals surface area contributed by atoms with Gasteiger partial charge < -0.3 is 14.8 Å². The number of hydrogen-bond acceptors (Lipinski definition) is 5. The molecule has 0 radical (unpaired) electrons. The molecule has 0 aromatic carbocycles. The van der Waals surface area contributed by atoms with Crippen molar-refractivity contribution in [3.63, 3.8) is 0 Å². The van der Waals surface area contributed by atoms with E-state index in [2.05, 4.69) is 10.3 Å². The van der Waals surface area contributed by atoms with Gasteiger partial charge in [0.15, 0.2) is 10.8 Å². The second-order valence-corrected chi connectivity index (χ2v) is 5.95. The lowest BCUT2D eigenvalue weighted by molar-refractivity contribution is -0.151. The van der Waals surface area contributed by atoms with E-state index in [-0.39, 0.29) is 12.3 Å². The summed E-state index contributed by atoms with van der Waals surface area (Å²) in [7, 11) is 0. The van der Waals surface area contributed by atoms with Crippen LogP contribution in [0, 0.1) is 0 Å². The molecule has 1 aliphatic rings. The molecule has 110 valence electrons. The highest BCUT2D eigenvalue weighted by Gasteiger charge is 2.45. The van der Waals surface area contributed by atoms with Gasteiger partial charge in [0.25, 0.3) is 0 Å². The largest absolute Gasteiger partial charge is 0.480 e. The van der Waals surface area contributed by atoms with Gasteiger partial charge in [0.2, 0.25) is 5.91 Å². The van der Waals surface area contributed by atoms with Crippen molar-refractivity contribution in [3.05, 3.63) is 29.5 Å². The Bertz CT molecular complexity index is 658. The Hall–Kier alpha value is -2.15. The number of nitrogens with zero attached hydrogens (tertiary/aromatic N) is 1. The third kappa shape index (κ3) is 2.69. The summed E-state index contributed by atoms with van der Waals surface area (Å²) in [5.41, 5.74) is -0.458. The first-order valence-corrected chi connectivity index (χ1v) is 7.50. The molecule has 2 N–H and O–H groups in total. The van der Waals surface area contributed by atoms with Crippen LogP contribution in [0.2, 0.25) is 0 Å². The van der Waals surface area contributed by atoms with E-state index >= 15 is 0 Å². The third-order valence-corrected chi connectivity index (χ3v) is 4.53. The van der Waals surface area contributed by atoms with Crippen molar-refractivity contribution in [1.29, 1.82) is 0 Å². The summed E-state index contributed by atoms with van der Waals surface area (Å²) in [6, 6.07) is 3.58. The van der Waals surface area contributed by atoms with Crippen LogP contribution >= 0.6 is 11.3 Å². The van der Waals surface area contributed by atoms with E-state index in [1.165, 1.54) is 11.3 Å². The molecular formula is C14H14N2O4S. The van der Waals surface area contributed by atoms with Crippen LogP contribution in [-0.4, -0.2) is 27.5 Å². The molecule has 6 nitrogen and oxygen atoms in total. The molecule has 0 atom stereocenters. The van der Waals surface area contributed by atoms with Crippen molar-refractivity contribution in [3.8, 4) is 10.8 Å². The molecule has 2 heterocycles. The molecule has 0 bridgehead atoms. The number of carbonyl (C=O) groups is 2. The van der Waals surface area contributed by atoms with Gasteiger partial charge in [-0.3, -0.25) is 4.79 Å². The average molecular weight is 306 g/mol. The molecule has 0 aliphatic heterocycles. The zero-order chi connectivity index (χ0) is 14.9. The number of amides is 1. The summed E-state index contributed by atoms with van der Waals surface area (Å²) in [5.74, 6) is -0.613. The molecule has 1 aliphatic carbocycles. The average Bonchev–Trinajstić information content (AvgIpc) is 3.03. The van der Waals surface area contributed by atoms with E-state index in [9.17, 15) is 14.7 Å². The van der Waals surface area contributed by atoms with E-state index < -0.39 is 11.5 Å². The second kappa shape index (κ2) is 5.33. The number of hydrogen-bond donors (Lipinski definition) is 2. The Morgan fingerprint density at radius 1 is 1.48 bits per heavy atom. The van der Waals surface area contributed by atoms with Crippen molar-refractivity contribution < 1.29 is 19.1 Å². The number of thiazole rings is 1. The Morgan fingerprint density at radius 2 is 2.29 bits per heavy atom. The molecule has 21 heavy (non-hydrogen) atoms. The molecule has 3 rings (SSSR count). The normalized spacial score (nSPS) is 16.2. The molecular weight excluding hydrogens is 292 g/mol. The highest BCUT2D eigenvalue weighted by Crippen LogP contribution is 2.32. The van der Waals surface area contributed by atoms with E-state index in [0.29, 0.717) is 29.3 Å². The Balaban J connectivity index is 1.64. The molecule has 7 heteroatoms. The lowest BCUT2D eigenvalue weighted by atomic mass is 9.76. The van der Waals surface area contributed by atoms with Gasteiger partial charge in [0, 0.05) is 5.38 Å². The molecule has 0 spiro atoms. The highest BCUT2D eigenvalue weighted by atomic mass is 32.1. The van der Waals surface area contributed by atoms with Crippen LogP contribution in [0.5, 0.6) is 0 Å². The minimum Gasteiger partial charge on any atom is -0.480 e. The predicted molar refractivity (Wildman–Crippen MR) is 75.9 cm³/mol. The second-order valence-electron chi connectivity index (χ2n) is 5.09. The summed E-state index contributed by atoms with van der Waals surface area (Å²) >= 11 is 1.39. The van der Waals surface area contributed by atoms with Gasteiger partial charge in [0.05, 0.1) is 18.4 Å². The van der Waals surface area contributed by atoms with Gasteiger partial charge in [-0.05, 0) is 31.4 Å². The highest BCUT2D eigenvalue weighted by molar-refractivity contribution is 7.13. The molecule has 2 aromatic rings. The SMILES string of the molecule is O=C(Cc1csc(-c2ccco2)n1)NC1(C(=O)O)CCC1. The predicted octanol–water partition coefficient (Wildman–Crippen LogP) is 2.07. The van der Waals surface area contributed by atoms with Crippen LogP contribution in [0.1, 0.15) is 25.0 Å². The van der Waals surface area contributed by atoms with Gasteiger partial charge >= 0.3 is 5.97 Å². The Morgan fingerprint density at radius 3 is 2.86 bits per heavy atom. The van der Waals surface area contributed by atoms with Crippen molar-refractivity contribution in [2.45, 2.75) is 31.2 Å². The van der Waals surface area contributed by atoms with Crippen LogP contribution in [0.25, 0.3) is 10.8 Å². The zero-order valence-electron chi connectivity index (χ0n) is 11.2. The summed E-state index contributed by atoms with van der Waals surface area (Å²) < 4.78 is 5.25. The Kier molecular flexibility index (Phi) is 3.50. The molecule has 2 aromatic heterocycles. The number of carboxylic acid groups (broad SMARTS) is 1. The van der Waals surface area contributed by atoms with Gasteiger partial charge in [0.1, 0.15) is 5.54 Å². The quantitative estimate of drug-likeness (QED) is 0.882. The fourth-order valence-electron chi connectivity index (χ4n) is 2.30. The summed E-state index contributed by atoms with van der Waals surface area (Å²) in [6.07, 6.45) is 3.44. The summed E-state index contributed by atoms with van der Waals surface area (Å²) in [6.45, 7) is 0. The summed E-state index contributed by atoms with van der Waals surface area (Å²) in [5, 5.41) is 14.3. The molecule has 1 saturated carbocycles. The zero-order valence-corrected chi connectivity index (χ0v) is 12.0. The van der Waals surface area contributed by atoms with Gasteiger partial charge in [-0.25, -0.2) is 9.78 Å². The maximum absolute atomic E-state index is 12.0. The van der Waals surface area contributed by atoms with Gasteiger partial charge in [-0.2, -0.15) is 0 Å². The van der Waals surface area contributed by atoms with Gasteiger partial charge in [-0.1, -0.05) is 0 Å². The van der Waals surface area contributed by atoms with E-state index in [0.717, 1.165) is 6.42 Å². The van der Waals surface area contributed by atoms with E-state index in [1.807, 2.05) is 0 Å². The fraction of sp³-hybridized carbons (Fsp3) is 0.357. The lowest BCUT2D eigenvalue weighted by Gasteiger charge is -2.38. The molecule has 1 amide bonds. The van der Waals surface area contributed by atoms with Crippen molar-refractivity contribution in [1.82, 2.24) is 10.3 Å². The smallest absolute Gasteiger partial charge is 0.329 e. The first kappa shape index (κ1) is 13.8. The number of nitrogens with one attached hydrogen (secondary N) is 1. The van der Waals surface area contributed by atoms with E-state index in [4.69, 9.17) is 4.42 Å². The topological polar surface area (TPSA) is 92.4 Å². The lowest BCUT2D eigenvalue weighted by Crippen LogP contribution is -2.59. The van der Waals surface area contributed by atoms with Crippen molar-refractivity contribution in [2.24, 2.45) is 0 Å². The minimum atomic E-state index is -1.07. The van der Waals surface area contributed by atoms with Crippen LogP contribution in [0.4, 0.5) is 0 Å². The minimum absolute atomic E-state index is 0.0756. The maximum Gasteiger partial charge on any atom is 0.329 e. The molecule has 0 saturated heterocycles. The Labute approximate surface area is 124 Å². The van der Waals surface area contributed by atoms with Gasteiger partial charge in [-0.15, -0.1) is 11.3 Å². The monoisotopic (exact) mass is 306 g/mol.